The van der Waals surface area contributed by atoms with Gasteiger partial charge in [0, 0.05) is 17.3 Å². The zero-order chi connectivity index (χ0) is 28.3. The van der Waals surface area contributed by atoms with Crippen LogP contribution in [0.25, 0.3) is 61.6 Å². The average molecular weight is 541 g/mol. The van der Waals surface area contributed by atoms with Crippen LogP contribution in [0.15, 0.2) is 152 Å². The fraction of sp³-hybridized carbons (Fsp3) is 0.0263. The van der Waals surface area contributed by atoms with Crippen LogP contribution >= 0.6 is 0 Å². The highest BCUT2D eigenvalue weighted by Crippen LogP contribution is 2.34. The molecule has 7 aromatic rings. The lowest BCUT2D eigenvalue weighted by Crippen LogP contribution is -1.95. The van der Waals surface area contributed by atoms with Gasteiger partial charge in [0.05, 0.1) is 17.6 Å². The second-order valence-corrected chi connectivity index (χ2v) is 10.4. The molecule has 2 heterocycles. The van der Waals surface area contributed by atoms with Crippen molar-refractivity contribution >= 4 is 0 Å². The summed E-state index contributed by atoms with van der Waals surface area (Å²) >= 11 is 0. The summed E-state index contributed by atoms with van der Waals surface area (Å²) in [5.74, 6) is 0. The highest BCUT2D eigenvalue weighted by Gasteiger charge is 2.11. The summed E-state index contributed by atoms with van der Waals surface area (Å²) < 4.78 is 1.82. The Bertz CT molecular complexity index is 1930. The lowest BCUT2D eigenvalue weighted by molar-refractivity contribution is 0.804. The Morgan fingerprint density at radius 3 is 1.67 bits per heavy atom. The van der Waals surface area contributed by atoms with Crippen molar-refractivity contribution in [3.05, 3.63) is 157 Å². The van der Waals surface area contributed by atoms with Gasteiger partial charge in [0.15, 0.2) is 0 Å². The van der Waals surface area contributed by atoms with Crippen LogP contribution in [-0.2, 0) is 0 Å². The molecule has 0 amide bonds. The van der Waals surface area contributed by atoms with Crippen molar-refractivity contribution in [3.8, 4) is 61.6 Å². The number of hydrogen-bond acceptors (Lipinski definition) is 3. The molecule has 0 bridgehead atoms. The normalized spacial score (nSPS) is 11.0. The summed E-state index contributed by atoms with van der Waals surface area (Å²) in [7, 11) is 0. The standard InChI is InChI=1S/C38H28N4/c1-27-18-19-39-37(20-27)32-16-9-17-36(25-32)42-26-38(40-41-42)31-15-8-14-30(21-31)35-23-33(28-10-4-2-5-11-28)22-34(24-35)29-12-6-3-7-13-29/h2-26H,1H3. The number of benzene rings is 5. The van der Waals surface area contributed by atoms with Crippen LogP contribution in [0.3, 0.4) is 0 Å². The second kappa shape index (κ2) is 11.1. The Labute approximate surface area is 245 Å². The molecule has 0 fully saturated rings. The fourth-order valence-corrected chi connectivity index (χ4v) is 5.27. The van der Waals surface area contributed by atoms with Crippen LogP contribution in [0.4, 0.5) is 0 Å². The monoisotopic (exact) mass is 540 g/mol. The lowest BCUT2D eigenvalue weighted by Gasteiger charge is -2.12. The maximum Gasteiger partial charge on any atom is 0.113 e. The van der Waals surface area contributed by atoms with Crippen LogP contribution in [0, 0.1) is 6.92 Å². The van der Waals surface area contributed by atoms with Gasteiger partial charge in [0.1, 0.15) is 5.69 Å². The minimum absolute atomic E-state index is 0.818. The predicted octanol–water partition coefficient (Wildman–Crippen LogP) is 9.31. The Hall–Kier alpha value is -5.61. The summed E-state index contributed by atoms with van der Waals surface area (Å²) in [5, 5.41) is 9.01. The van der Waals surface area contributed by atoms with E-state index in [0.717, 1.165) is 39.3 Å². The molecule has 0 aliphatic rings. The summed E-state index contributed by atoms with van der Waals surface area (Å²) in [5.41, 5.74) is 13.0. The van der Waals surface area contributed by atoms with Gasteiger partial charge in [-0.05, 0) is 94.4 Å². The van der Waals surface area contributed by atoms with Gasteiger partial charge in [-0.3, -0.25) is 4.98 Å². The molecule has 0 spiro atoms. The molecular weight excluding hydrogens is 512 g/mol. The van der Waals surface area contributed by atoms with Gasteiger partial charge in [-0.2, -0.15) is 0 Å². The number of rotatable bonds is 6. The molecule has 0 unspecified atom stereocenters. The smallest absolute Gasteiger partial charge is 0.113 e. The summed E-state index contributed by atoms with van der Waals surface area (Å²) in [4.78, 5) is 4.54. The topological polar surface area (TPSA) is 43.6 Å². The van der Waals surface area contributed by atoms with Gasteiger partial charge >= 0.3 is 0 Å². The number of aryl methyl sites for hydroxylation is 1. The first-order valence-electron chi connectivity index (χ1n) is 14.0. The summed E-state index contributed by atoms with van der Waals surface area (Å²) in [6.45, 7) is 2.08. The molecule has 200 valence electrons. The highest BCUT2D eigenvalue weighted by molar-refractivity contribution is 5.82. The number of aromatic nitrogens is 4. The first kappa shape index (κ1) is 25.4. The Morgan fingerprint density at radius 2 is 1.00 bits per heavy atom. The summed E-state index contributed by atoms with van der Waals surface area (Å²) in [6.07, 6.45) is 3.83. The van der Waals surface area contributed by atoms with Crippen LogP contribution in [0.1, 0.15) is 5.56 Å². The minimum Gasteiger partial charge on any atom is -0.256 e. The number of pyridine rings is 1. The highest BCUT2D eigenvalue weighted by atomic mass is 15.4. The minimum atomic E-state index is 0.818. The molecule has 0 saturated carbocycles. The van der Waals surface area contributed by atoms with Crippen molar-refractivity contribution in [3.63, 3.8) is 0 Å². The van der Waals surface area contributed by atoms with Crippen molar-refractivity contribution in [2.45, 2.75) is 6.92 Å². The zero-order valence-corrected chi connectivity index (χ0v) is 23.2. The Morgan fingerprint density at radius 1 is 0.452 bits per heavy atom. The molecule has 0 aliphatic carbocycles. The van der Waals surface area contributed by atoms with Crippen LogP contribution in [0.5, 0.6) is 0 Å². The maximum absolute atomic E-state index is 4.54. The van der Waals surface area contributed by atoms with E-state index >= 15 is 0 Å². The first-order valence-corrected chi connectivity index (χ1v) is 14.0. The van der Waals surface area contributed by atoms with Crippen molar-refractivity contribution in [2.24, 2.45) is 0 Å². The molecule has 0 aliphatic heterocycles. The molecular formula is C38H28N4. The van der Waals surface area contributed by atoms with Crippen molar-refractivity contribution < 1.29 is 0 Å². The molecule has 0 saturated heterocycles. The molecule has 0 N–H and O–H groups in total. The van der Waals surface area contributed by atoms with Crippen molar-refractivity contribution in [2.75, 3.05) is 0 Å². The third kappa shape index (κ3) is 5.26. The zero-order valence-electron chi connectivity index (χ0n) is 23.2. The van der Waals surface area contributed by atoms with Gasteiger partial charge in [0.25, 0.3) is 0 Å². The van der Waals surface area contributed by atoms with E-state index in [1.54, 1.807) is 0 Å². The van der Waals surface area contributed by atoms with E-state index in [0.29, 0.717) is 0 Å². The van der Waals surface area contributed by atoms with Crippen molar-refractivity contribution in [1.29, 1.82) is 0 Å². The average Bonchev–Trinajstić information content (AvgIpc) is 3.56. The van der Waals surface area contributed by atoms with Gasteiger partial charge in [-0.1, -0.05) is 96.2 Å². The van der Waals surface area contributed by atoms with Crippen LogP contribution < -0.4 is 0 Å². The molecule has 7 rings (SSSR count). The number of hydrogen-bond donors (Lipinski definition) is 0. The van der Waals surface area contributed by atoms with Crippen molar-refractivity contribution in [1.82, 2.24) is 20.0 Å². The molecule has 2 aromatic heterocycles. The summed E-state index contributed by atoms with van der Waals surface area (Å²) in [6, 6.07) is 48.7. The van der Waals surface area contributed by atoms with Gasteiger partial charge in [0.2, 0.25) is 0 Å². The van der Waals surface area contributed by atoms with Gasteiger partial charge in [-0.25, -0.2) is 4.68 Å². The van der Waals surface area contributed by atoms with Gasteiger partial charge in [-0.15, -0.1) is 5.10 Å². The third-order valence-electron chi connectivity index (χ3n) is 7.45. The SMILES string of the molecule is Cc1ccnc(-c2cccc(-n3cc(-c4cccc(-c5cc(-c6ccccc6)cc(-c6ccccc6)c5)c4)nn3)c2)c1. The second-order valence-electron chi connectivity index (χ2n) is 10.4. The Kier molecular flexibility index (Phi) is 6.71. The molecule has 0 radical (unpaired) electrons. The first-order chi connectivity index (χ1) is 20.7. The Balaban J connectivity index is 1.25. The molecule has 42 heavy (non-hydrogen) atoms. The van der Waals surface area contributed by atoms with Gasteiger partial charge < -0.3 is 0 Å². The van der Waals surface area contributed by atoms with E-state index < -0.39 is 0 Å². The number of nitrogens with zero attached hydrogens (tertiary/aromatic N) is 4. The quantitative estimate of drug-likeness (QED) is 0.211. The fourth-order valence-electron chi connectivity index (χ4n) is 5.27. The van der Waals surface area contributed by atoms with E-state index in [4.69, 9.17) is 0 Å². The largest absolute Gasteiger partial charge is 0.256 e. The van der Waals surface area contributed by atoms with E-state index in [2.05, 4.69) is 144 Å². The van der Waals surface area contributed by atoms with E-state index in [-0.39, 0.29) is 0 Å². The van der Waals surface area contributed by atoms with Crippen LogP contribution in [-0.4, -0.2) is 20.0 Å². The van der Waals surface area contributed by atoms with Crippen LogP contribution in [0.2, 0.25) is 0 Å². The molecule has 5 aromatic carbocycles. The van der Waals surface area contributed by atoms with E-state index in [1.165, 1.54) is 27.8 Å². The molecule has 4 heteroatoms. The third-order valence-corrected chi connectivity index (χ3v) is 7.45. The maximum atomic E-state index is 4.54. The predicted molar refractivity (Wildman–Crippen MR) is 171 cm³/mol. The lowest BCUT2D eigenvalue weighted by atomic mass is 9.92. The molecule has 0 atom stereocenters. The molecule has 4 nitrogen and oxygen atoms in total. The van der Waals surface area contributed by atoms with E-state index in [1.807, 2.05) is 35.3 Å². The van der Waals surface area contributed by atoms with E-state index in [9.17, 15) is 0 Å².